The standard InChI is InChI=1S/C14H28O9P2/c1-7-20-24(17,21-8-2)14(6,19-11-12(5)13(15)16)25(18,22-9-3)23-10-4/h5,7-11H2,1-4,6H3,(H,15,16). The first-order valence-corrected chi connectivity index (χ1v) is 11.0. The zero-order valence-electron chi connectivity index (χ0n) is 15.4. The van der Waals surface area contributed by atoms with E-state index in [9.17, 15) is 13.9 Å². The van der Waals surface area contributed by atoms with Crippen LogP contribution in [0.25, 0.3) is 0 Å². The summed E-state index contributed by atoms with van der Waals surface area (Å²) in [5.74, 6) is -1.31. The molecule has 0 unspecified atom stereocenters. The van der Waals surface area contributed by atoms with Crippen LogP contribution in [0.3, 0.4) is 0 Å². The molecule has 0 aliphatic heterocycles. The van der Waals surface area contributed by atoms with Gasteiger partial charge in [-0.3, -0.25) is 9.13 Å². The van der Waals surface area contributed by atoms with Crippen LogP contribution in [-0.2, 0) is 36.8 Å². The Morgan fingerprint density at radius 2 is 1.24 bits per heavy atom. The molecule has 0 radical (unpaired) electrons. The molecule has 0 aliphatic carbocycles. The van der Waals surface area contributed by atoms with E-state index in [0.717, 1.165) is 0 Å². The number of ether oxygens (including phenoxy) is 1. The monoisotopic (exact) mass is 402 g/mol. The molecule has 0 aromatic heterocycles. The highest BCUT2D eigenvalue weighted by Crippen LogP contribution is 2.78. The zero-order valence-corrected chi connectivity index (χ0v) is 17.1. The number of aliphatic carboxylic acids is 1. The van der Waals surface area contributed by atoms with Gasteiger partial charge in [0.25, 0.3) is 5.08 Å². The smallest absolute Gasteiger partial charge is 0.374 e. The SMILES string of the molecule is C=C(COC(C)(P(=O)(OCC)OCC)P(=O)(OCC)OCC)C(=O)O. The molecule has 0 heterocycles. The maximum absolute atomic E-state index is 13.3. The van der Waals surface area contributed by atoms with Crippen LogP contribution in [0.2, 0.25) is 0 Å². The van der Waals surface area contributed by atoms with Crippen LogP contribution in [-0.4, -0.2) is 49.2 Å². The van der Waals surface area contributed by atoms with Crippen LogP contribution in [0.4, 0.5) is 0 Å². The highest BCUT2D eigenvalue weighted by atomic mass is 31.2. The second kappa shape index (κ2) is 10.6. The molecular weight excluding hydrogens is 374 g/mol. The van der Waals surface area contributed by atoms with Crippen LogP contribution in [0.15, 0.2) is 12.2 Å². The van der Waals surface area contributed by atoms with Crippen molar-refractivity contribution in [2.75, 3.05) is 33.0 Å². The Balaban J connectivity index is 6.15. The average molecular weight is 402 g/mol. The summed E-state index contributed by atoms with van der Waals surface area (Å²) >= 11 is 0. The molecule has 0 saturated heterocycles. The van der Waals surface area contributed by atoms with Gasteiger partial charge in [-0.05, 0) is 34.6 Å². The predicted molar refractivity (Wildman–Crippen MR) is 92.8 cm³/mol. The molecule has 148 valence electrons. The fourth-order valence-corrected chi connectivity index (χ4v) is 6.63. The maximum atomic E-state index is 13.3. The van der Waals surface area contributed by atoms with Gasteiger partial charge < -0.3 is 27.9 Å². The molecule has 25 heavy (non-hydrogen) atoms. The Kier molecular flexibility index (Phi) is 10.4. The van der Waals surface area contributed by atoms with Gasteiger partial charge in [0.2, 0.25) is 0 Å². The third kappa shape index (κ3) is 5.73. The highest BCUT2D eigenvalue weighted by Gasteiger charge is 2.63. The highest BCUT2D eigenvalue weighted by molar-refractivity contribution is 7.73. The van der Waals surface area contributed by atoms with E-state index in [4.69, 9.17) is 27.9 Å². The normalized spacial score (nSPS) is 13.0. The van der Waals surface area contributed by atoms with Crippen LogP contribution in [0.1, 0.15) is 34.6 Å². The van der Waals surface area contributed by atoms with Gasteiger partial charge in [0.1, 0.15) is 0 Å². The topological polar surface area (TPSA) is 118 Å². The van der Waals surface area contributed by atoms with Crippen molar-refractivity contribution in [2.45, 2.75) is 39.7 Å². The molecule has 11 heteroatoms. The van der Waals surface area contributed by atoms with Gasteiger partial charge in [0, 0.05) is 0 Å². The Bertz CT molecular complexity index is 496. The minimum absolute atomic E-state index is 0.0195. The van der Waals surface area contributed by atoms with E-state index in [1.54, 1.807) is 27.7 Å². The summed E-state index contributed by atoms with van der Waals surface area (Å²) in [4.78, 5) is 11.0. The fourth-order valence-electron chi connectivity index (χ4n) is 1.83. The van der Waals surface area contributed by atoms with Gasteiger partial charge >= 0.3 is 21.2 Å². The summed E-state index contributed by atoms with van der Waals surface area (Å²) < 4.78 is 53.2. The van der Waals surface area contributed by atoms with Crippen molar-refractivity contribution in [1.29, 1.82) is 0 Å². The van der Waals surface area contributed by atoms with Gasteiger partial charge in [0.05, 0.1) is 38.6 Å². The van der Waals surface area contributed by atoms with E-state index in [2.05, 4.69) is 6.58 Å². The molecule has 0 amide bonds. The van der Waals surface area contributed by atoms with Gasteiger partial charge in [-0.1, -0.05) is 6.58 Å². The minimum Gasteiger partial charge on any atom is -0.478 e. The molecule has 0 atom stereocenters. The molecule has 9 nitrogen and oxygen atoms in total. The first kappa shape index (κ1) is 24.5. The number of carbonyl (C=O) groups is 1. The number of hydrogen-bond donors (Lipinski definition) is 1. The van der Waals surface area contributed by atoms with Crippen molar-refractivity contribution in [3.05, 3.63) is 12.2 Å². The van der Waals surface area contributed by atoms with Gasteiger partial charge in [0.15, 0.2) is 0 Å². The van der Waals surface area contributed by atoms with E-state index >= 15 is 0 Å². The quantitative estimate of drug-likeness (QED) is 0.341. The van der Waals surface area contributed by atoms with Crippen LogP contribution < -0.4 is 0 Å². The summed E-state index contributed by atoms with van der Waals surface area (Å²) in [6, 6.07) is 0. The van der Waals surface area contributed by atoms with E-state index in [-0.39, 0.29) is 32.0 Å². The lowest BCUT2D eigenvalue weighted by Gasteiger charge is -2.39. The molecule has 0 fully saturated rings. The molecule has 0 bridgehead atoms. The molecule has 0 spiro atoms. The maximum Gasteiger partial charge on any atom is 0.374 e. The van der Waals surface area contributed by atoms with Crippen LogP contribution in [0.5, 0.6) is 0 Å². The van der Waals surface area contributed by atoms with Crippen molar-refractivity contribution in [2.24, 2.45) is 0 Å². The second-order valence-electron chi connectivity index (χ2n) is 4.80. The lowest BCUT2D eigenvalue weighted by molar-refractivity contribution is -0.133. The summed E-state index contributed by atoms with van der Waals surface area (Å²) in [6.07, 6.45) is 0. The van der Waals surface area contributed by atoms with Crippen LogP contribution in [0, 0.1) is 0 Å². The number of carboxylic acids is 1. The summed E-state index contributed by atoms with van der Waals surface area (Å²) in [7, 11) is -8.36. The Morgan fingerprint density at radius 3 is 1.48 bits per heavy atom. The molecule has 1 N–H and O–H groups in total. The summed E-state index contributed by atoms with van der Waals surface area (Å²) in [6.45, 7) is 10.2. The third-order valence-electron chi connectivity index (χ3n) is 3.03. The first-order chi connectivity index (χ1) is 11.6. The fraction of sp³-hybridized carbons (Fsp3) is 0.786. The Hall–Kier alpha value is -0.530. The molecule has 0 rings (SSSR count). The molecular formula is C14H28O9P2. The van der Waals surface area contributed by atoms with Gasteiger partial charge in [-0.25, -0.2) is 4.79 Å². The van der Waals surface area contributed by atoms with E-state index in [1.807, 2.05) is 0 Å². The van der Waals surface area contributed by atoms with Crippen molar-refractivity contribution < 1.29 is 41.9 Å². The molecule has 0 aromatic rings. The predicted octanol–water partition coefficient (Wildman–Crippen LogP) is 3.85. The first-order valence-electron chi connectivity index (χ1n) is 7.90. The second-order valence-corrected chi connectivity index (χ2v) is 9.88. The van der Waals surface area contributed by atoms with E-state index in [0.29, 0.717) is 0 Å². The number of rotatable bonds is 14. The van der Waals surface area contributed by atoms with Crippen molar-refractivity contribution >= 4 is 21.2 Å². The summed E-state index contributed by atoms with van der Waals surface area (Å²) in [5, 5.41) is 6.79. The van der Waals surface area contributed by atoms with Crippen molar-refractivity contribution in [1.82, 2.24) is 0 Å². The lowest BCUT2D eigenvalue weighted by atomic mass is 10.3. The third-order valence-corrected chi connectivity index (χ3v) is 9.19. The zero-order chi connectivity index (χ0) is 19.7. The Morgan fingerprint density at radius 1 is 0.920 bits per heavy atom. The Labute approximate surface area is 148 Å². The van der Waals surface area contributed by atoms with Crippen molar-refractivity contribution in [3.8, 4) is 0 Å². The van der Waals surface area contributed by atoms with E-state index in [1.165, 1.54) is 6.92 Å². The summed E-state index contributed by atoms with van der Waals surface area (Å²) in [5.41, 5.74) is -0.328. The van der Waals surface area contributed by atoms with Gasteiger partial charge in [-0.15, -0.1) is 0 Å². The average Bonchev–Trinajstić information content (AvgIpc) is 2.52. The minimum atomic E-state index is -4.18. The largest absolute Gasteiger partial charge is 0.478 e. The number of hydrogen-bond acceptors (Lipinski definition) is 8. The van der Waals surface area contributed by atoms with Crippen LogP contribution >= 0.6 is 15.2 Å². The van der Waals surface area contributed by atoms with E-state index < -0.39 is 32.9 Å². The number of carboxylic acid groups (broad SMARTS) is 1. The molecule has 0 aliphatic rings. The lowest BCUT2D eigenvalue weighted by Crippen LogP contribution is -2.34. The van der Waals surface area contributed by atoms with Crippen molar-refractivity contribution in [3.63, 3.8) is 0 Å². The molecule has 0 aromatic carbocycles. The molecule has 0 saturated carbocycles. The van der Waals surface area contributed by atoms with Gasteiger partial charge in [-0.2, -0.15) is 0 Å².